The lowest BCUT2D eigenvalue weighted by Crippen LogP contribution is -2.03. The second kappa shape index (κ2) is 4.16. The number of hydrogen-bond acceptors (Lipinski definition) is 4. The van der Waals surface area contributed by atoms with Crippen molar-refractivity contribution in [2.75, 3.05) is 12.4 Å². The number of nitrogens with one attached hydrogen (secondary N) is 1. The molecule has 0 bridgehead atoms. The predicted molar refractivity (Wildman–Crippen MR) is 67.5 cm³/mol. The van der Waals surface area contributed by atoms with Crippen LogP contribution in [-0.4, -0.2) is 27.8 Å². The second-order valence-electron chi connectivity index (χ2n) is 4.33. The zero-order chi connectivity index (χ0) is 12.6. The van der Waals surface area contributed by atoms with Crippen LogP contribution in [0, 0.1) is 0 Å². The molecule has 0 aliphatic carbocycles. The van der Waals surface area contributed by atoms with E-state index in [0.717, 1.165) is 16.7 Å². The molecule has 1 aromatic carbocycles. The summed E-state index contributed by atoms with van der Waals surface area (Å²) in [6.07, 6.45) is 0. The molecule has 2 rings (SSSR count). The number of rotatable bonds is 3. The van der Waals surface area contributed by atoms with Gasteiger partial charge in [-0.15, -0.1) is 5.10 Å². The summed E-state index contributed by atoms with van der Waals surface area (Å²) in [5.41, 5.74) is 3.19. The summed E-state index contributed by atoms with van der Waals surface area (Å²) in [5, 5.41) is 11.3. The lowest BCUT2D eigenvalue weighted by Gasteiger charge is -2.08. The molecule has 1 aromatic heterocycles. The van der Waals surface area contributed by atoms with E-state index in [9.17, 15) is 4.79 Å². The number of Topliss-reactive ketones (excluding diaryl/α,β-unsaturated/α-hetero) is 1. The van der Waals surface area contributed by atoms with E-state index in [1.54, 1.807) is 6.92 Å². The molecule has 1 N–H and O–H groups in total. The highest BCUT2D eigenvalue weighted by Crippen LogP contribution is 2.25. The van der Waals surface area contributed by atoms with Crippen LogP contribution in [0.1, 0.15) is 37.2 Å². The van der Waals surface area contributed by atoms with Gasteiger partial charge in [0.15, 0.2) is 5.78 Å². The molecule has 0 amide bonds. The van der Waals surface area contributed by atoms with Gasteiger partial charge in [0.2, 0.25) is 0 Å². The highest BCUT2D eigenvalue weighted by atomic mass is 16.1. The van der Waals surface area contributed by atoms with E-state index in [-0.39, 0.29) is 11.8 Å². The molecule has 5 heteroatoms. The molecule has 0 atom stereocenters. The molecule has 0 aliphatic heterocycles. The summed E-state index contributed by atoms with van der Waals surface area (Å²) in [5.74, 6) is 0.0416. The number of nitrogens with zero attached hydrogens (tertiary/aromatic N) is 3. The van der Waals surface area contributed by atoms with E-state index in [1.165, 1.54) is 0 Å². The first-order valence-electron chi connectivity index (χ1n) is 5.62. The number of fused-ring (bicyclic) bond motifs is 1. The van der Waals surface area contributed by atoms with Crippen LogP contribution in [0.5, 0.6) is 0 Å². The summed E-state index contributed by atoms with van der Waals surface area (Å²) in [6.45, 7) is 5.63. The first-order valence-corrected chi connectivity index (χ1v) is 5.62. The maximum absolute atomic E-state index is 11.5. The van der Waals surface area contributed by atoms with Gasteiger partial charge in [0.05, 0.1) is 11.2 Å². The number of hydrogen-bond donors (Lipinski definition) is 1. The highest BCUT2D eigenvalue weighted by molar-refractivity contribution is 6.01. The minimum Gasteiger partial charge on any atom is -0.386 e. The third kappa shape index (κ3) is 1.88. The molecule has 0 fully saturated rings. The van der Waals surface area contributed by atoms with Gasteiger partial charge >= 0.3 is 0 Å². The Morgan fingerprint density at radius 2 is 2.12 bits per heavy atom. The monoisotopic (exact) mass is 232 g/mol. The zero-order valence-corrected chi connectivity index (χ0v) is 10.5. The van der Waals surface area contributed by atoms with Gasteiger partial charge < -0.3 is 5.32 Å². The molecule has 90 valence electrons. The van der Waals surface area contributed by atoms with Crippen LogP contribution in [0.15, 0.2) is 12.1 Å². The van der Waals surface area contributed by atoms with Gasteiger partial charge in [-0.25, -0.2) is 4.68 Å². The van der Waals surface area contributed by atoms with Crippen molar-refractivity contribution in [3.05, 3.63) is 17.7 Å². The van der Waals surface area contributed by atoms with Crippen LogP contribution < -0.4 is 5.32 Å². The van der Waals surface area contributed by atoms with Gasteiger partial charge in [-0.05, 0) is 32.9 Å². The molecular weight excluding hydrogens is 216 g/mol. The lowest BCUT2D eigenvalue weighted by atomic mass is 10.1. The molecule has 0 aliphatic rings. The smallest absolute Gasteiger partial charge is 0.159 e. The van der Waals surface area contributed by atoms with Gasteiger partial charge in [0, 0.05) is 18.7 Å². The van der Waals surface area contributed by atoms with Crippen molar-refractivity contribution >= 4 is 22.5 Å². The normalized spacial score (nSPS) is 11.1. The van der Waals surface area contributed by atoms with Crippen molar-refractivity contribution in [2.24, 2.45) is 0 Å². The van der Waals surface area contributed by atoms with Gasteiger partial charge in [-0.2, -0.15) is 0 Å². The molecule has 2 aromatic rings. The molecule has 0 saturated carbocycles. The standard InChI is InChI=1S/C12H16N4O/c1-7(2)16-11-6-9(8(3)17)5-10(13-4)12(11)14-15-16/h5-7,13H,1-4H3. The largest absolute Gasteiger partial charge is 0.386 e. The van der Waals surface area contributed by atoms with Crippen molar-refractivity contribution in [2.45, 2.75) is 26.8 Å². The number of aromatic nitrogens is 3. The fourth-order valence-electron chi connectivity index (χ4n) is 1.82. The minimum atomic E-state index is 0.0416. The Kier molecular flexibility index (Phi) is 2.83. The van der Waals surface area contributed by atoms with Crippen molar-refractivity contribution in [1.82, 2.24) is 15.0 Å². The Hall–Kier alpha value is -1.91. The van der Waals surface area contributed by atoms with Crippen molar-refractivity contribution in [1.29, 1.82) is 0 Å². The average Bonchev–Trinajstić information content (AvgIpc) is 2.70. The molecule has 1 heterocycles. The number of benzene rings is 1. The van der Waals surface area contributed by atoms with Gasteiger partial charge in [-0.3, -0.25) is 4.79 Å². The minimum absolute atomic E-state index is 0.0416. The Morgan fingerprint density at radius 1 is 1.41 bits per heavy atom. The van der Waals surface area contributed by atoms with E-state index in [0.29, 0.717) is 5.56 Å². The lowest BCUT2D eigenvalue weighted by molar-refractivity contribution is 0.101. The second-order valence-corrected chi connectivity index (χ2v) is 4.33. The first-order chi connectivity index (χ1) is 8.04. The maximum atomic E-state index is 11.5. The van der Waals surface area contributed by atoms with Gasteiger partial charge in [0.1, 0.15) is 5.52 Å². The maximum Gasteiger partial charge on any atom is 0.159 e. The Morgan fingerprint density at radius 3 is 2.65 bits per heavy atom. The van der Waals surface area contributed by atoms with Crippen LogP contribution in [0.3, 0.4) is 0 Å². The molecule has 0 saturated heterocycles. The number of anilines is 1. The molecule has 0 spiro atoms. The molecule has 17 heavy (non-hydrogen) atoms. The fraction of sp³-hybridized carbons (Fsp3) is 0.417. The summed E-state index contributed by atoms with van der Waals surface area (Å²) >= 11 is 0. The van der Waals surface area contributed by atoms with E-state index in [4.69, 9.17) is 0 Å². The SMILES string of the molecule is CNc1cc(C(C)=O)cc2c1nnn2C(C)C. The van der Waals surface area contributed by atoms with E-state index in [1.807, 2.05) is 37.7 Å². The number of ketones is 1. The number of carbonyl (C=O) groups is 1. The Balaban J connectivity index is 2.76. The predicted octanol–water partition coefficient (Wildman–Crippen LogP) is 2.26. The third-order valence-corrected chi connectivity index (χ3v) is 2.74. The fourth-order valence-corrected chi connectivity index (χ4v) is 1.82. The summed E-state index contributed by atoms with van der Waals surface area (Å²) < 4.78 is 1.82. The van der Waals surface area contributed by atoms with E-state index < -0.39 is 0 Å². The van der Waals surface area contributed by atoms with Crippen molar-refractivity contribution < 1.29 is 4.79 Å². The summed E-state index contributed by atoms with van der Waals surface area (Å²) in [7, 11) is 1.81. The average molecular weight is 232 g/mol. The molecule has 0 radical (unpaired) electrons. The van der Waals surface area contributed by atoms with Crippen LogP contribution in [0.25, 0.3) is 11.0 Å². The first kappa shape index (κ1) is 11.6. The van der Waals surface area contributed by atoms with E-state index >= 15 is 0 Å². The molecule has 5 nitrogen and oxygen atoms in total. The van der Waals surface area contributed by atoms with Gasteiger partial charge in [-0.1, -0.05) is 5.21 Å². The third-order valence-electron chi connectivity index (χ3n) is 2.74. The van der Waals surface area contributed by atoms with Crippen LogP contribution in [0.2, 0.25) is 0 Å². The van der Waals surface area contributed by atoms with Gasteiger partial charge in [0.25, 0.3) is 0 Å². The van der Waals surface area contributed by atoms with Crippen LogP contribution >= 0.6 is 0 Å². The van der Waals surface area contributed by atoms with E-state index in [2.05, 4.69) is 15.6 Å². The Labute approximate surface area is 99.8 Å². The highest BCUT2D eigenvalue weighted by Gasteiger charge is 2.13. The van der Waals surface area contributed by atoms with Crippen LogP contribution in [0.4, 0.5) is 5.69 Å². The van der Waals surface area contributed by atoms with Crippen molar-refractivity contribution in [3.63, 3.8) is 0 Å². The van der Waals surface area contributed by atoms with Crippen LogP contribution in [-0.2, 0) is 0 Å². The molecular formula is C12H16N4O. The topological polar surface area (TPSA) is 59.8 Å². The zero-order valence-electron chi connectivity index (χ0n) is 10.5. The Bertz CT molecular complexity index is 571. The summed E-state index contributed by atoms with van der Waals surface area (Å²) in [4.78, 5) is 11.5. The summed E-state index contributed by atoms with van der Waals surface area (Å²) in [6, 6.07) is 3.87. The molecule has 0 unspecified atom stereocenters. The quantitative estimate of drug-likeness (QED) is 0.824. The van der Waals surface area contributed by atoms with Crippen molar-refractivity contribution in [3.8, 4) is 0 Å². The number of carbonyl (C=O) groups excluding carboxylic acids is 1.